The zero-order chi connectivity index (χ0) is 35.5. The predicted octanol–water partition coefficient (Wildman–Crippen LogP) is 11.4. The number of aliphatic imine (C=N–C) groups is 1. The minimum absolute atomic E-state index is 0.306. The fourth-order valence-corrected chi connectivity index (χ4v) is 7.15. The second-order valence-corrected chi connectivity index (χ2v) is 14.6. The van der Waals surface area contributed by atoms with E-state index in [1.165, 1.54) is 128 Å². The molecule has 0 amide bonds. The van der Waals surface area contributed by atoms with Crippen molar-refractivity contribution in [2.45, 2.75) is 188 Å². The summed E-state index contributed by atoms with van der Waals surface area (Å²) in [5.41, 5.74) is 2.68. The van der Waals surface area contributed by atoms with Crippen molar-refractivity contribution in [3.63, 3.8) is 0 Å². The van der Waals surface area contributed by atoms with E-state index in [9.17, 15) is 9.59 Å². The lowest BCUT2D eigenvalue weighted by Gasteiger charge is -2.31. The molecule has 2 unspecified atom stereocenters. The summed E-state index contributed by atoms with van der Waals surface area (Å²) in [7, 11) is 1.95. The molecule has 1 aliphatic heterocycles. The molecule has 6 nitrogen and oxygen atoms in total. The minimum atomic E-state index is -0.655. The molecule has 0 saturated heterocycles. The number of carbonyl (C=O) groups excluding carboxylic acids is 2. The molecule has 0 aromatic carbocycles. The molecule has 0 N–H and O–H groups in total. The fraction of sp³-hybridized carbons (Fsp3) is 0.767. The molecule has 49 heavy (non-hydrogen) atoms. The number of aromatic nitrogens is 1. The van der Waals surface area contributed by atoms with Crippen molar-refractivity contribution < 1.29 is 23.6 Å². The van der Waals surface area contributed by atoms with Gasteiger partial charge in [-0.15, -0.1) is 0 Å². The molecule has 0 saturated carbocycles. The molecule has 2 rings (SSSR count). The van der Waals surface area contributed by atoms with Crippen molar-refractivity contribution in [3.8, 4) is 0 Å². The summed E-state index contributed by atoms with van der Waals surface area (Å²) in [6.45, 7) is 9.05. The number of hydrogen-bond acceptors (Lipinski definition) is 5. The van der Waals surface area contributed by atoms with Gasteiger partial charge in [-0.1, -0.05) is 155 Å². The lowest BCUT2D eigenvalue weighted by Crippen LogP contribution is -2.38. The highest BCUT2D eigenvalue weighted by Crippen LogP contribution is 2.39. The summed E-state index contributed by atoms with van der Waals surface area (Å²) in [6, 6.07) is 3.94. The lowest BCUT2D eigenvalue weighted by atomic mass is 9.76. The number of pyridine rings is 1. The first-order valence-electron chi connectivity index (χ1n) is 20.5. The number of carbonyl (C=O) groups is 2. The SMILES string of the molecule is CCCCCCCCCCCCCCOC(=O)C1=C(C)N=C(C)C(C(=O)OCCCCCCCCCCCCCC)C1c1ccc[n+](C)c1. The maximum absolute atomic E-state index is 13.7. The smallest absolute Gasteiger partial charge is 0.336 e. The second kappa shape index (κ2) is 27.3. The Labute approximate surface area is 300 Å². The second-order valence-electron chi connectivity index (χ2n) is 14.6. The van der Waals surface area contributed by atoms with Gasteiger partial charge in [-0.25, -0.2) is 9.36 Å². The average Bonchev–Trinajstić information content (AvgIpc) is 3.08. The minimum Gasteiger partial charge on any atom is -0.465 e. The van der Waals surface area contributed by atoms with Crippen LogP contribution < -0.4 is 4.57 Å². The number of esters is 2. The lowest BCUT2D eigenvalue weighted by molar-refractivity contribution is -0.672. The highest BCUT2D eigenvalue weighted by Gasteiger charge is 2.43. The fourth-order valence-electron chi connectivity index (χ4n) is 7.15. The van der Waals surface area contributed by atoms with Crippen LogP contribution in [0.5, 0.6) is 0 Å². The Hall–Kier alpha value is -2.50. The van der Waals surface area contributed by atoms with Gasteiger partial charge in [-0.2, -0.15) is 0 Å². The molecule has 0 aliphatic carbocycles. The van der Waals surface area contributed by atoms with Gasteiger partial charge in [-0.05, 0) is 32.8 Å². The Morgan fingerprint density at radius 2 is 1.08 bits per heavy atom. The molecule has 1 aromatic heterocycles. The zero-order valence-electron chi connectivity index (χ0n) is 32.4. The Kier molecular flexibility index (Phi) is 23.7. The molecular formula is C43H73N2O4+. The summed E-state index contributed by atoms with van der Waals surface area (Å²) < 4.78 is 13.7. The van der Waals surface area contributed by atoms with E-state index in [-0.39, 0.29) is 11.9 Å². The molecule has 1 aromatic rings. The van der Waals surface area contributed by atoms with Crippen LogP contribution in [0.15, 0.2) is 40.8 Å². The quantitative estimate of drug-likeness (QED) is 0.0479. The van der Waals surface area contributed by atoms with Gasteiger partial charge in [0.2, 0.25) is 0 Å². The van der Waals surface area contributed by atoms with Crippen molar-refractivity contribution in [1.82, 2.24) is 0 Å². The molecule has 0 fully saturated rings. The topological polar surface area (TPSA) is 68.8 Å². The maximum atomic E-state index is 13.7. The van der Waals surface area contributed by atoms with Gasteiger partial charge in [-0.3, -0.25) is 9.79 Å². The molecule has 2 heterocycles. The van der Waals surface area contributed by atoms with Crippen LogP contribution in [0.1, 0.15) is 193 Å². The number of aryl methyl sites for hydroxylation is 1. The Morgan fingerprint density at radius 1 is 0.653 bits per heavy atom. The summed E-state index contributed by atoms with van der Waals surface area (Å²) in [6.07, 6.45) is 34.2. The molecular weight excluding hydrogens is 608 g/mol. The van der Waals surface area contributed by atoms with Crippen LogP contribution in [0.25, 0.3) is 0 Å². The van der Waals surface area contributed by atoms with Crippen LogP contribution in [0.4, 0.5) is 0 Å². The molecule has 278 valence electrons. The Morgan fingerprint density at radius 3 is 1.53 bits per heavy atom. The zero-order valence-corrected chi connectivity index (χ0v) is 32.4. The van der Waals surface area contributed by atoms with Crippen molar-refractivity contribution in [2.24, 2.45) is 18.0 Å². The van der Waals surface area contributed by atoms with Gasteiger partial charge in [0, 0.05) is 29.0 Å². The van der Waals surface area contributed by atoms with E-state index in [1.807, 2.05) is 50.0 Å². The van der Waals surface area contributed by atoms with E-state index in [0.29, 0.717) is 30.2 Å². The number of allylic oxidation sites excluding steroid dienone is 1. The third-order valence-electron chi connectivity index (χ3n) is 10.1. The number of rotatable bonds is 29. The van der Waals surface area contributed by atoms with Crippen LogP contribution in [0.2, 0.25) is 0 Å². The van der Waals surface area contributed by atoms with Crippen molar-refractivity contribution >= 4 is 17.7 Å². The summed E-state index contributed by atoms with van der Waals surface area (Å²) in [4.78, 5) is 32.0. The average molecular weight is 682 g/mol. The monoisotopic (exact) mass is 682 g/mol. The Balaban J connectivity index is 1.82. The van der Waals surface area contributed by atoms with E-state index in [1.54, 1.807) is 0 Å². The third kappa shape index (κ3) is 17.8. The molecule has 0 radical (unpaired) electrons. The first-order chi connectivity index (χ1) is 23.9. The van der Waals surface area contributed by atoms with Crippen LogP contribution in [0.3, 0.4) is 0 Å². The first kappa shape index (κ1) is 42.7. The molecule has 0 bridgehead atoms. The maximum Gasteiger partial charge on any atom is 0.336 e. The van der Waals surface area contributed by atoms with E-state index in [2.05, 4.69) is 13.8 Å². The predicted molar refractivity (Wildman–Crippen MR) is 204 cm³/mol. The van der Waals surface area contributed by atoms with Gasteiger partial charge in [0.25, 0.3) is 0 Å². The molecule has 6 heteroatoms. The molecule has 1 aliphatic rings. The van der Waals surface area contributed by atoms with Gasteiger partial charge in [0.15, 0.2) is 12.4 Å². The molecule has 0 spiro atoms. The van der Waals surface area contributed by atoms with Gasteiger partial charge < -0.3 is 9.47 Å². The van der Waals surface area contributed by atoms with Crippen LogP contribution in [-0.4, -0.2) is 30.9 Å². The number of hydrogen-bond donors (Lipinski definition) is 0. The van der Waals surface area contributed by atoms with E-state index in [0.717, 1.165) is 31.2 Å². The largest absolute Gasteiger partial charge is 0.465 e. The molecule has 2 atom stereocenters. The third-order valence-corrected chi connectivity index (χ3v) is 10.1. The van der Waals surface area contributed by atoms with E-state index < -0.39 is 11.8 Å². The first-order valence-corrected chi connectivity index (χ1v) is 20.5. The summed E-state index contributed by atoms with van der Waals surface area (Å²) >= 11 is 0. The van der Waals surface area contributed by atoms with Gasteiger partial charge in [0.1, 0.15) is 13.0 Å². The number of ether oxygens (including phenoxy) is 2. The summed E-state index contributed by atoms with van der Waals surface area (Å²) in [5, 5.41) is 0. The standard InChI is InChI=1S/C43H73N2O4/c1-6-8-10-12-14-16-18-20-22-24-26-28-33-48-42(46)39-36(3)44-37(4)40(41(39)38-31-30-32-45(5)35-38)43(47)49-34-29-27-25-23-21-19-17-15-13-11-9-7-2/h30-32,35,39,41H,6-29,33-34H2,1-5H3/q+1. The van der Waals surface area contributed by atoms with Crippen molar-refractivity contribution in [3.05, 3.63) is 41.4 Å². The van der Waals surface area contributed by atoms with Crippen molar-refractivity contribution in [2.75, 3.05) is 13.2 Å². The van der Waals surface area contributed by atoms with E-state index >= 15 is 0 Å². The number of unbranched alkanes of at least 4 members (excludes halogenated alkanes) is 22. The Bertz CT molecular complexity index is 1110. The van der Waals surface area contributed by atoms with Crippen molar-refractivity contribution in [1.29, 1.82) is 0 Å². The highest BCUT2D eigenvalue weighted by atomic mass is 16.5. The van der Waals surface area contributed by atoms with E-state index in [4.69, 9.17) is 14.5 Å². The summed E-state index contributed by atoms with van der Waals surface area (Å²) in [5.74, 6) is -1.82. The van der Waals surface area contributed by atoms with Gasteiger partial charge in [0.05, 0.1) is 18.8 Å². The van der Waals surface area contributed by atoms with Crippen LogP contribution in [0, 0.1) is 5.92 Å². The van der Waals surface area contributed by atoms with Crippen LogP contribution >= 0.6 is 0 Å². The number of nitrogens with zero attached hydrogens (tertiary/aromatic N) is 2. The van der Waals surface area contributed by atoms with Crippen LogP contribution in [-0.2, 0) is 26.1 Å². The highest BCUT2D eigenvalue weighted by molar-refractivity contribution is 6.06. The van der Waals surface area contributed by atoms with Gasteiger partial charge >= 0.3 is 11.9 Å². The normalized spacial score (nSPS) is 16.1.